The first-order chi connectivity index (χ1) is 7.77. The molecule has 1 unspecified atom stereocenters. The molecule has 1 atom stereocenters. The van der Waals surface area contributed by atoms with Crippen LogP contribution in [0.4, 0.5) is 0 Å². The highest BCUT2D eigenvalue weighted by Gasteiger charge is 2.23. The van der Waals surface area contributed by atoms with E-state index in [1.165, 1.54) is 37.0 Å². The molecule has 1 heterocycles. The van der Waals surface area contributed by atoms with Crippen LogP contribution in [0.3, 0.4) is 0 Å². The van der Waals surface area contributed by atoms with Crippen LogP contribution in [0, 0.1) is 0 Å². The van der Waals surface area contributed by atoms with Gasteiger partial charge in [-0.1, -0.05) is 18.9 Å². The summed E-state index contributed by atoms with van der Waals surface area (Å²) in [6, 6.07) is 4.34. The highest BCUT2D eigenvalue weighted by atomic mass is 32.1. The summed E-state index contributed by atoms with van der Waals surface area (Å²) in [6.07, 6.45) is 4.93. The number of aliphatic carboxylic acids is 1. The Morgan fingerprint density at radius 1 is 1.56 bits per heavy atom. The van der Waals surface area contributed by atoms with E-state index in [9.17, 15) is 9.90 Å². The number of nitrogens with one attached hydrogen (secondary N) is 1. The predicted molar refractivity (Wildman–Crippen MR) is 65.0 cm³/mol. The van der Waals surface area contributed by atoms with Gasteiger partial charge >= 0.3 is 5.97 Å². The van der Waals surface area contributed by atoms with Crippen LogP contribution in [-0.2, 0) is 4.79 Å². The number of hydrogen-bond donors (Lipinski definition) is 2. The summed E-state index contributed by atoms with van der Waals surface area (Å²) in [5, 5.41) is 14.5. The molecule has 4 heteroatoms. The molecule has 0 spiro atoms. The van der Waals surface area contributed by atoms with Crippen molar-refractivity contribution < 1.29 is 9.90 Å². The third-order valence-corrected chi connectivity index (χ3v) is 4.14. The average molecular weight is 239 g/mol. The largest absolute Gasteiger partial charge is 0.481 e. The first-order valence-electron chi connectivity index (χ1n) is 5.77. The van der Waals surface area contributed by atoms with Gasteiger partial charge in [-0.3, -0.25) is 4.79 Å². The summed E-state index contributed by atoms with van der Waals surface area (Å²) < 4.78 is 0. The molecule has 0 aliphatic heterocycles. The Morgan fingerprint density at radius 2 is 2.31 bits per heavy atom. The van der Waals surface area contributed by atoms with E-state index in [-0.39, 0.29) is 5.92 Å². The highest BCUT2D eigenvalue weighted by Crippen LogP contribution is 2.23. The molecule has 1 aliphatic rings. The zero-order valence-electron chi connectivity index (χ0n) is 9.19. The maximum Gasteiger partial charge on any atom is 0.313 e. The second-order valence-corrected chi connectivity index (χ2v) is 5.28. The van der Waals surface area contributed by atoms with Gasteiger partial charge in [0.25, 0.3) is 0 Å². The van der Waals surface area contributed by atoms with Crippen molar-refractivity contribution in [2.45, 2.75) is 37.6 Å². The molecule has 1 aromatic heterocycles. The lowest BCUT2D eigenvalue weighted by Crippen LogP contribution is -2.33. The molecule has 3 nitrogen and oxygen atoms in total. The minimum absolute atomic E-state index is 0.388. The minimum Gasteiger partial charge on any atom is -0.481 e. The predicted octanol–water partition coefficient (Wildman–Crippen LogP) is 2.45. The summed E-state index contributed by atoms with van der Waals surface area (Å²) in [4.78, 5) is 12.1. The van der Waals surface area contributed by atoms with E-state index in [2.05, 4.69) is 5.32 Å². The van der Waals surface area contributed by atoms with Crippen LogP contribution in [0.2, 0.25) is 0 Å². The molecule has 0 saturated heterocycles. The van der Waals surface area contributed by atoms with Crippen LogP contribution < -0.4 is 5.32 Å². The van der Waals surface area contributed by atoms with Gasteiger partial charge in [-0.15, -0.1) is 11.3 Å². The van der Waals surface area contributed by atoms with Gasteiger partial charge in [0.15, 0.2) is 0 Å². The molecule has 1 fully saturated rings. The van der Waals surface area contributed by atoms with Crippen LogP contribution >= 0.6 is 11.3 Å². The second-order valence-electron chi connectivity index (χ2n) is 4.30. The highest BCUT2D eigenvalue weighted by molar-refractivity contribution is 7.10. The normalized spacial score (nSPS) is 18.8. The third kappa shape index (κ3) is 2.83. The lowest BCUT2D eigenvalue weighted by atomic mass is 10.1. The summed E-state index contributed by atoms with van der Waals surface area (Å²) in [7, 11) is 0. The zero-order chi connectivity index (χ0) is 11.4. The maximum atomic E-state index is 11.2. The second kappa shape index (κ2) is 5.46. The Balaban J connectivity index is 1.90. The lowest BCUT2D eigenvalue weighted by molar-refractivity contribution is -0.138. The fraction of sp³-hybridized carbons (Fsp3) is 0.583. The molecule has 1 aliphatic carbocycles. The van der Waals surface area contributed by atoms with Crippen molar-refractivity contribution in [3.05, 3.63) is 22.4 Å². The molecule has 0 radical (unpaired) electrons. The number of carboxylic acid groups (broad SMARTS) is 1. The Labute approximate surface area is 99.5 Å². The van der Waals surface area contributed by atoms with Gasteiger partial charge < -0.3 is 10.4 Å². The number of carboxylic acids is 1. The van der Waals surface area contributed by atoms with Crippen LogP contribution in [-0.4, -0.2) is 23.7 Å². The van der Waals surface area contributed by atoms with Crippen molar-refractivity contribution in [3.8, 4) is 0 Å². The van der Waals surface area contributed by atoms with Crippen molar-refractivity contribution in [3.63, 3.8) is 0 Å². The van der Waals surface area contributed by atoms with E-state index in [1.807, 2.05) is 17.5 Å². The Morgan fingerprint density at radius 3 is 2.88 bits per heavy atom. The van der Waals surface area contributed by atoms with Crippen molar-refractivity contribution in [2.24, 2.45) is 0 Å². The Hall–Kier alpha value is -0.870. The monoisotopic (exact) mass is 239 g/mol. The molecule has 2 N–H and O–H groups in total. The number of hydrogen-bond acceptors (Lipinski definition) is 3. The molecule has 2 rings (SSSR count). The van der Waals surface area contributed by atoms with Crippen molar-refractivity contribution >= 4 is 17.3 Å². The van der Waals surface area contributed by atoms with Gasteiger partial charge in [-0.05, 0) is 24.3 Å². The smallest absolute Gasteiger partial charge is 0.313 e. The lowest BCUT2D eigenvalue weighted by Gasteiger charge is -2.16. The van der Waals surface area contributed by atoms with Gasteiger partial charge in [-0.2, -0.15) is 0 Å². The topological polar surface area (TPSA) is 49.3 Å². The van der Waals surface area contributed by atoms with E-state index >= 15 is 0 Å². The average Bonchev–Trinajstić information content (AvgIpc) is 2.88. The van der Waals surface area contributed by atoms with Crippen LogP contribution in [0.5, 0.6) is 0 Å². The maximum absolute atomic E-state index is 11.2. The molecule has 0 bridgehead atoms. The first-order valence-corrected chi connectivity index (χ1v) is 6.65. The fourth-order valence-electron chi connectivity index (χ4n) is 2.21. The molecule has 0 aromatic carbocycles. The number of rotatable bonds is 5. The van der Waals surface area contributed by atoms with E-state index in [0.717, 1.165) is 4.88 Å². The summed E-state index contributed by atoms with van der Waals surface area (Å²) in [6.45, 7) is 0.556. The van der Waals surface area contributed by atoms with Gasteiger partial charge in [0.1, 0.15) is 5.92 Å². The zero-order valence-corrected chi connectivity index (χ0v) is 10.0. The van der Waals surface area contributed by atoms with E-state index in [4.69, 9.17) is 0 Å². The van der Waals surface area contributed by atoms with E-state index in [1.54, 1.807) is 0 Å². The van der Waals surface area contributed by atoms with Crippen LogP contribution in [0.15, 0.2) is 17.5 Å². The standard InChI is InChI=1S/C12H17NO2S/c14-12(15)10(11-6-3-7-16-11)8-13-9-4-1-2-5-9/h3,6-7,9-10,13H,1-2,4-5,8H2,(H,14,15). The molecule has 1 saturated carbocycles. The van der Waals surface area contributed by atoms with Gasteiger partial charge in [-0.25, -0.2) is 0 Å². The fourth-order valence-corrected chi connectivity index (χ4v) is 3.03. The molecule has 16 heavy (non-hydrogen) atoms. The van der Waals surface area contributed by atoms with Crippen molar-refractivity contribution in [1.82, 2.24) is 5.32 Å². The van der Waals surface area contributed by atoms with Crippen LogP contribution in [0.1, 0.15) is 36.5 Å². The van der Waals surface area contributed by atoms with E-state index < -0.39 is 5.97 Å². The van der Waals surface area contributed by atoms with Crippen LogP contribution in [0.25, 0.3) is 0 Å². The first kappa shape index (κ1) is 11.6. The minimum atomic E-state index is -0.729. The summed E-state index contributed by atoms with van der Waals surface area (Å²) >= 11 is 1.52. The molecule has 88 valence electrons. The Bertz CT molecular complexity index is 331. The molecular formula is C12H17NO2S. The van der Waals surface area contributed by atoms with Gasteiger partial charge in [0.2, 0.25) is 0 Å². The summed E-state index contributed by atoms with van der Waals surface area (Å²) in [5.41, 5.74) is 0. The third-order valence-electron chi connectivity index (χ3n) is 3.15. The van der Waals surface area contributed by atoms with Gasteiger partial charge in [0.05, 0.1) is 0 Å². The van der Waals surface area contributed by atoms with E-state index in [0.29, 0.717) is 12.6 Å². The number of thiophene rings is 1. The molecule has 1 aromatic rings. The van der Waals surface area contributed by atoms with Gasteiger partial charge in [0, 0.05) is 17.5 Å². The summed E-state index contributed by atoms with van der Waals surface area (Å²) in [5.74, 6) is -1.12. The van der Waals surface area contributed by atoms with Crippen molar-refractivity contribution in [2.75, 3.05) is 6.54 Å². The quantitative estimate of drug-likeness (QED) is 0.829. The van der Waals surface area contributed by atoms with Crippen molar-refractivity contribution in [1.29, 1.82) is 0 Å². The molecular weight excluding hydrogens is 222 g/mol. The Kier molecular flexibility index (Phi) is 3.96. The number of carbonyl (C=O) groups is 1. The SMILES string of the molecule is O=C(O)C(CNC1CCCC1)c1cccs1. The molecule has 0 amide bonds.